The molecule has 10 heteroatoms. The number of anilines is 1. The van der Waals surface area contributed by atoms with Crippen molar-refractivity contribution < 1.29 is 32.6 Å². The average Bonchev–Trinajstić information content (AvgIpc) is 3.21. The van der Waals surface area contributed by atoms with E-state index in [1.54, 1.807) is 11.0 Å². The number of carbonyl (C=O) groups is 2. The Balaban J connectivity index is 1.74. The van der Waals surface area contributed by atoms with Crippen molar-refractivity contribution in [3.8, 4) is 5.75 Å². The molecule has 2 N–H and O–H groups in total. The summed E-state index contributed by atoms with van der Waals surface area (Å²) in [5.41, 5.74) is 0.521. The van der Waals surface area contributed by atoms with Crippen molar-refractivity contribution >= 4 is 29.0 Å². The van der Waals surface area contributed by atoms with Crippen molar-refractivity contribution in [1.29, 1.82) is 0 Å². The van der Waals surface area contributed by atoms with E-state index in [1.807, 2.05) is 0 Å². The van der Waals surface area contributed by atoms with Gasteiger partial charge in [0.2, 0.25) is 0 Å². The molecule has 1 saturated carbocycles. The highest BCUT2D eigenvalue weighted by Crippen LogP contribution is 2.39. The Morgan fingerprint density at radius 1 is 1.06 bits per heavy atom. The summed E-state index contributed by atoms with van der Waals surface area (Å²) in [4.78, 5) is 27.2. The van der Waals surface area contributed by atoms with E-state index >= 15 is 0 Å². The van der Waals surface area contributed by atoms with Crippen LogP contribution in [-0.2, 0) is 6.54 Å². The lowest BCUT2D eigenvalue weighted by Crippen LogP contribution is -2.45. The van der Waals surface area contributed by atoms with Gasteiger partial charge in [0.25, 0.3) is 0 Å². The fourth-order valence-corrected chi connectivity index (χ4v) is 5.15. The quantitative estimate of drug-likeness (QED) is 0.450. The molecule has 2 amide bonds. The van der Waals surface area contributed by atoms with Gasteiger partial charge in [-0.2, -0.15) is 0 Å². The number of halogens is 3. The van der Waals surface area contributed by atoms with Crippen molar-refractivity contribution in [1.82, 2.24) is 4.90 Å². The smallest absolute Gasteiger partial charge is 0.477 e. The Morgan fingerprint density at radius 3 is 2.18 bits per heavy atom. The summed E-state index contributed by atoms with van der Waals surface area (Å²) in [5, 5.41) is 12.0. The maximum Gasteiger partial charge on any atom is 0.573 e. The molecule has 0 spiro atoms. The molecule has 6 nitrogen and oxygen atoms in total. The number of alkyl halides is 3. The number of nitrogens with one attached hydrogen (secondary N) is 1. The summed E-state index contributed by atoms with van der Waals surface area (Å²) >= 11 is 1.12. The largest absolute Gasteiger partial charge is 0.573 e. The van der Waals surface area contributed by atoms with Crippen molar-refractivity contribution in [2.75, 3.05) is 5.32 Å². The molecule has 3 rings (SSSR count). The van der Waals surface area contributed by atoms with Crippen LogP contribution in [-0.4, -0.2) is 34.4 Å². The molecule has 1 aliphatic carbocycles. The monoisotopic (exact) mass is 498 g/mol. The fraction of sp³-hybridized carbons (Fsp3) is 0.500. The number of carboxylic acids is 1. The Labute approximate surface area is 200 Å². The van der Waals surface area contributed by atoms with Gasteiger partial charge < -0.3 is 20.1 Å². The van der Waals surface area contributed by atoms with Crippen molar-refractivity contribution in [3.63, 3.8) is 0 Å². The van der Waals surface area contributed by atoms with Crippen LogP contribution in [0.15, 0.2) is 36.4 Å². The van der Waals surface area contributed by atoms with Gasteiger partial charge in [0.05, 0.1) is 6.54 Å². The number of hydrogen-bond donors (Lipinski definition) is 2. The van der Waals surface area contributed by atoms with Crippen LogP contribution in [0.1, 0.15) is 61.0 Å². The van der Waals surface area contributed by atoms with Crippen LogP contribution in [0.25, 0.3) is 0 Å². The Kier molecular flexibility index (Phi) is 7.80. The van der Waals surface area contributed by atoms with Crippen LogP contribution in [0.4, 0.5) is 23.7 Å². The highest BCUT2D eigenvalue weighted by molar-refractivity contribution is 7.13. The summed E-state index contributed by atoms with van der Waals surface area (Å²) in [6, 6.07) is 7.80. The average molecular weight is 499 g/mol. The van der Waals surface area contributed by atoms with Gasteiger partial charge in [-0.1, -0.05) is 20.8 Å². The van der Waals surface area contributed by atoms with E-state index in [2.05, 4.69) is 30.8 Å². The van der Waals surface area contributed by atoms with Crippen LogP contribution in [0, 0.1) is 11.3 Å². The summed E-state index contributed by atoms with van der Waals surface area (Å²) in [6.45, 7) is 6.90. The molecule has 0 unspecified atom stereocenters. The topological polar surface area (TPSA) is 78.9 Å². The second-order valence-electron chi connectivity index (χ2n) is 9.57. The summed E-state index contributed by atoms with van der Waals surface area (Å²) in [6.07, 6.45) is -1.18. The van der Waals surface area contributed by atoms with Gasteiger partial charge in [0.1, 0.15) is 10.6 Å². The molecule has 0 radical (unpaired) electrons. The number of hydrogen-bond acceptors (Lipinski definition) is 4. The minimum atomic E-state index is -4.79. The number of rotatable bonds is 6. The normalized spacial score (nSPS) is 18.9. The zero-order chi connectivity index (χ0) is 25.1. The predicted molar refractivity (Wildman–Crippen MR) is 124 cm³/mol. The number of benzene rings is 1. The van der Waals surface area contributed by atoms with Crippen LogP contribution < -0.4 is 10.1 Å². The SMILES string of the molecule is CC(C)(C)C1CCC(N(Cc2ccc(C(=O)O)s2)C(=O)Nc2ccc(OC(F)(F)F)cc2)CC1. The van der Waals surface area contributed by atoms with E-state index in [4.69, 9.17) is 0 Å². The molecule has 0 atom stereocenters. The molecule has 1 aromatic carbocycles. The van der Waals surface area contributed by atoms with E-state index in [-0.39, 0.29) is 34.7 Å². The third-order valence-corrected chi connectivity index (χ3v) is 7.22. The number of aromatic carboxylic acids is 1. The first-order valence-corrected chi connectivity index (χ1v) is 11.9. The third-order valence-electron chi connectivity index (χ3n) is 6.16. The third kappa shape index (κ3) is 7.12. The lowest BCUT2D eigenvalue weighted by atomic mass is 9.71. The van der Waals surface area contributed by atoms with E-state index < -0.39 is 12.3 Å². The predicted octanol–water partition coefficient (Wildman–Crippen LogP) is 6.98. The van der Waals surface area contributed by atoms with Crippen LogP contribution >= 0.6 is 11.3 Å². The number of amides is 2. The standard InChI is InChI=1S/C24H29F3N2O4S/c1-23(2,3)15-4-8-17(9-5-15)29(14-19-12-13-20(34-19)21(30)31)22(32)28-16-6-10-18(11-7-16)33-24(25,26)27/h6-7,10-13,15,17H,4-5,8-9,14H2,1-3H3,(H,28,32)(H,30,31). The molecule has 1 aromatic heterocycles. The lowest BCUT2D eigenvalue weighted by molar-refractivity contribution is -0.274. The van der Waals surface area contributed by atoms with E-state index in [0.29, 0.717) is 11.6 Å². The van der Waals surface area contributed by atoms with Gasteiger partial charge in [-0.05, 0) is 73.4 Å². The molecule has 0 aliphatic heterocycles. The molecular weight excluding hydrogens is 469 g/mol. The van der Waals surface area contributed by atoms with Crippen molar-refractivity contribution in [2.45, 2.75) is 65.4 Å². The number of nitrogens with zero attached hydrogens (tertiary/aromatic N) is 1. The summed E-state index contributed by atoms with van der Waals surface area (Å²) in [7, 11) is 0. The molecule has 34 heavy (non-hydrogen) atoms. The number of urea groups is 1. The fourth-order valence-electron chi connectivity index (χ4n) is 4.30. The first kappa shape index (κ1) is 25.9. The Hall–Kier alpha value is -2.75. The number of ether oxygens (including phenoxy) is 1. The number of carboxylic acid groups (broad SMARTS) is 1. The summed E-state index contributed by atoms with van der Waals surface area (Å²) < 4.78 is 41.0. The molecule has 1 fully saturated rings. The highest BCUT2D eigenvalue weighted by atomic mass is 32.1. The maximum atomic E-state index is 13.2. The van der Waals surface area contributed by atoms with Gasteiger partial charge in [-0.3, -0.25) is 0 Å². The molecule has 1 heterocycles. The minimum Gasteiger partial charge on any atom is -0.477 e. The molecular formula is C24H29F3N2O4S. The zero-order valence-corrected chi connectivity index (χ0v) is 20.1. The first-order chi connectivity index (χ1) is 15.8. The van der Waals surface area contributed by atoms with Crippen molar-refractivity contribution in [3.05, 3.63) is 46.2 Å². The highest BCUT2D eigenvalue weighted by Gasteiger charge is 2.34. The van der Waals surface area contributed by atoms with Gasteiger partial charge in [0.15, 0.2) is 0 Å². The first-order valence-electron chi connectivity index (χ1n) is 11.1. The molecule has 0 bridgehead atoms. The van der Waals surface area contributed by atoms with Gasteiger partial charge in [0, 0.05) is 16.6 Å². The summed E-state index contributed by atoms with van der Waals surface area (Å²) in [5.74, 6) is -0.836. The van der Waals surface area contributed by atoms with Gasteiger partial charge >= 0.3 is 18.4 Å². The minimum absolute atomic E-state index is 0.0261. The van der Waals surface area contributed by atoms with Gasteiger partial charge in [-0.25, -0.2) is 9.59 Å². The second-order valence-corrected chi connectivity index (χ2v) is 10.7. The van der Waals surface area contributed by atoms with E-state index in [9.17, 15) is 27.9 Å². The van der Waals surface area contributed by atoms with Crippen molar-refractivity contribution in [2.24, 2.45) is 11.3 Å². The molecule has 0 saturated heterocycles. The van der Waals surface area contributed by atoms with Crippen LogP contribution in [0.3, 0.4) is 0 Å². The lowest BCUT2D eigenvalue weighted by Gasteiger charge is -2.41. The zero-order valence-electron chi connectivity index (χ0n) is 19.3. The molecule has 2 aromatic rings. The van der Waals surface area contributed by atoms with Gasteiger partial charge in [-0.15, -0.1) is 24.5 Å². The maximum absolute atomic E-state index is 13.2. The van der Waals surface area contributed by atoms with Crippen LogP contribution in [0.5, 0.6) is 5.75 Å². The number of carbonyl (C=O) groups excluding carboxylic acids is 1. The second kappa shape index (κ2) is 10.2. The van der Waals surface area contributed by atoms with E-state index in [1.165, 1.54) is 18.2 Å². The van der Waals surface area contributed by atoms with Crippen LogP contribution in [0.2, 0.25) is 0 Å². The Bertz CT molecular complexity index is 991. The number of thiophene rings is 1. The van der Waals surface area contributed by atoms with E-state index in [0.717, 1.165) is 54.0 Å². The molecule has 1 aliphatic rings. The molecule has 186 valence electrons. The Morgan fingerprint density at radius 2 is 1.68 bits per heavy atom.